The first-order valence-corrected chi connectivity index (χ1v) is 6.69. The Hall–Kier alpha value is -1.26. The van der Waals surface area contributed by atoms with Gasteiger partial charge in [-0.2, -0.15) is 0 Å². The van der Waals surface area contributed by atoms with Crippen molar-refractivity contribution in [3.8, 4) is 11.5 Å². The number of ether oxygens (including phenoxy) is 2. The molecular formula is C13H15NO2S. The van der Waals surface area contributed by atoms with E-state index in [0.717, 1.165) is 17.9 Å². The summed E-state index contributed by atoms with van der Waals surface area (Å²) in [4.78, 5) is 1.27. The van der Waals surface area contributed by atoms with Gasteiger partial charge in [0, 0.05) is 22.2 Å². The largest absolute Gasteiger partial charge is 0.486 e. The number of nitrogens with two attached hydrogens (primary N) is 1. The van der Waals surface area contributed by atoms with Crippen molar-refractivity contribution in [1.82, 2.24) is 0 Å². The van der Waals surface area contributed by atoms with Crippen LogP contribution in [0.25, 0.3) is 10.1 Å². The molecule has 0 spiro atoms. The second-order valence-electron chi connectivity index (χ2n) is 4.05. The van der Waals surface area contributed by atoms with E-state index in [-0.39, 0.29) is 0 Å². The summed E-state index contributed by atoms with van der Waals surface area (Å²) in [6, 6.07) is 4.17. The van der Waals surface area contributed by atoms with Crippen LogP contribution in [-0.2, 0) is 13.0 Å². The van der Waals surface area contributed by atoms with Crippen LogP contribution in [0.3, 0.4) is 0 Å². The Morgan fingerprint density at radius 3 is 2.59 bits per heavy atom. The zero-order valence-corrected chi connectivity index (χ0v) is 10.6. The third-order valence-electron chi connectivity index (χ3n) is 3.08. The molecule has 1 aliphatic rings. The predicted octanol–water partition coefficient (Wildman–Crippen LogP) is 2.69. The number of fused-ring (bicyclic) bond motifs is 2. The molecule has 1 aromatic carbocycles. The zero-order chi connectivity index (χ0) is 11.8. The Bertz CT molecular complexity index is 562. The van der Waals surface area contributed by atoms with E-state index < -0.39 is 0 Å². The van der Waals surface area contributed by atoms with E-state index in [2.05, 4.69) is 19.1 Å². The molecule has 2 N–H and O–H groups in total. The van der Waals surface area contributed by atoms with Crippen LogP contribution in [0.15, 0.2) is 12.1 Å². The molecule has 4 heteroatoms. The van der Waals surface area contributed by atoms with Crippen molar-refractivity contribution in [2.24, 2.45) is 5.73 Å². The zero-order valence-electron chi connectivity index (χ0n) is 9.79. The fraction of sp³-hybridized carbons (Fsp3) is 0.385. The van der Waals surface area contributed by atoms with Gasteiger partial charge in [-0.15, -0.1) is 11.3 Å². The highest BCUT2D eigenvalue weighted by Crippen LogP contribution is 2.40. The first-order chi connectivity index (χ1) is 8.33. The van der Waals surface area contributed by atoms with Crippen LogP contribution < -0.4 is 15.2 Å². The topological polar surface area (TPSA) is 44.5 Å². The summed E-state index contributed by atoms with van der Waals surface area (Å²) in [6.07, 6.45) is 1.01. The van der Waals surface area contributed by atoms with Gasteiger partial charge in [-0.05, 0) is 23.4 Å². The summed E-state index contributed by atoms with van der Waals surface area (Å²) < 4.78 is 12.5. The van der Waals surface area contributed by atoms with Crippen molar-refractivity contribution in [3.05, 3.63) is 22.6 Å². The molecular weight excluding hydrogens is 234 g/mol. The first-order valence-electron chi connectivity index (χ1n) is 5.87. The van der Waals surface area contributed by atoms with Gasteiger partial charge in [0.05, 0.1) is 0 Å². The van der Waals surface area contributed by atoms with Crippen molar-refractivity contribution in [1.29, 1.82) is 0 Å². The Morgan fingerprint density at radius 2 is 1.94 bits per heavy atom. The summed E-state index contributed by atoms with van der Waals surface area (Å²) in [6.45, 7) is 4.04. The van der Waals surface area contributed by atoms with E-state index in [1.807, 2.05) is 0 Å². The Labute approximate surface area is 104 Å². The lowest BCUT2D eigenvalue weighted by Crippen LogP contribution is -2.15. The molecule has 2 heterocycles. The van der Waals surface area contributed by atoms with Gasteiger partial charge in [0.1, 0.15) is 13.2 Å². The van der Waals surface area contributed by atoms with Crippen molar-refractivity contribution < 1.29 is 9.47 Å². The standard InChI is InChI=1S/C13H15NO2S/c1-2-8-9-5-10-11(16-4-3-15-10)6-12(9)17-13(8)7-14/h5-6H,2-4,7,14H2,1H3. The van der Waals surface area contributed by atoms with Crippen LogP contribution >= 0.6 is 11.3 Å². The third kappa shape index (κ3) is 1.68. The molecule has 0 radical (unpaired) electrons. The van der Waals surface area contributed by atoms with Crippen molar-refractivity contribution >= 4 is 21.4 Å². The fourth-order valence-electron chi connectivity index (χ4n) is 2.29. The van der Waals surface area contributed by atoms with Gasteiger partial charge in [-0.1, -0.05) is 6.92 Å². The molecule has 0 bridgehead atoms. The molecule has 0 atom stereocenters. The highest BCUT2D eigenvalue weighted by atomic mass is 32.1. The van der Waals surface area contributed by atoms with Gasteiger partial charge in [-0.3, -0.25) is 0 Å². The minimum absolute atomic E-state index is 0.606. The first kappa shape index (κ1) is 10.9. The summed E-state index contributed by atoms with van der Waals surface area (Å²) in [5, 5.41) is 1.27. The SMILES string of the molecule is CCc1c(CN)sc2cc3c(cc12)OCCO3. The lowest BCUT2D eigenvalue weighted by atomic mass is 10.1. The third-order valence-corrected chi connectivity index (χ3v) is 4.30. The maximum Gasteiger partial charge on any atom is 0.162 e. The van der Waals surface area contributed by atoms with Crippen LogP contribution in [0, 0.1) is 0 Å². The second kappa shape index (κ2) is 4.20. The van der Waals surface area contributed by atoms with Crippen LogP contribution in [0.5, 0.6) is 11.5 Å². The summed E-state index contributed by atoms with van der Waals surface area (Å²) in [5.41, 5.74) is 7.14. The van der Waals surface area contributed by atoms with Gasteiger partial charge in [0.25, 0.3) is 0 Å². The number of hydrogen-bond acceptors (Lipinski definition) is 4. The number of benzene rings is 1. The van der Waals surface area contributed by atoms with Crippen LogP contribution in [0.4, 0.5) is 0 Å². The van der Waals surface area contributed by atoms with Crippen molar-refractivity contribution in [2.75, 3.05) is 13.2 Å². The lowest BCUT2D eigenvalue weighted by Gasteiger charge is -2.18. The summed E-state index contributed by atoms with van der Waals surface area (Å²) >= 11 is 1.76. The molecule has 0 unspecified atom stereocenters. The van der Waals surface area contributed by atoms with E-state index in [9.17, 15) is 0 Å². The molecule has 90 valence electrons. The highest BCUT2D eigenvalue weighted by molar-refractivity contribution is 7.19. The van der Waals surface area contributed by atoms with Crippen LogP contribution in [0.2, 0.25) is 0 Å². The van der Waals surface area contributed by atoms with Gasteiger partial charge >= 0.3 is 0 Å². The van der Waals surface area contributed by atoms with E-state index in [1.54, 1.807) is 11.3 Å². The summed E-state index contributed by atoms with van der Waals surface area (Å²) in [7, 11) is 0. The number of hydrogen-bond donors (Lipinski definition) is 1. The summed E-state index contributed by atoms with van der Waals surface area (Å²) in [5.74, 6) is 1.72. The quantitative estimate of drug-likeness (QED) is 0.890. The van der Waals surface area contributed by atoms with Gasteiger partial charge in [0.2, 0.25) is 0 Å². The molecule has 0 fully saturated rings. The van der Waals surface area contributed by atoms with Crippen molar-refractivity contribution in [2.45, 2.75) is 19.9 Å². The van der Waals surface area contributed by atoms with Gasteiger partial charge in [0.15, 0.2) is 11.5 Å². The van der Waals surface area contributed by atoms with E-state index >= 15 is 0 Å². The average molecular weight is 249 g/mol. The molecule has 0 aliphatic carbocycles. The predicted molar refractivity (Wildman–Crippen MR) is 70.1 cm³/mol. The number of aryl methyl sites for hydroxylation is 1. The van der Waals surface area contributed by atoms with Crippen LogP contribution in [0.1, 0.15) is 17.4 Å². The fourth-order valence-corrected chi connectivity index (χ4v) is 3.47. The number of rotatable bonds is 2. The maximum absolute atomic E-state index is 5.79. The molecule has 2 aromatic rings. The molecule has 1 aromatic heterocycles. The Balaban J connectivity index is 2.24. The molecule has 17 heavy (non-hydrogen) atoms. The van der Waals surface area contributed by atoms with Gasteiger partial charge < -0.3 is 15.2 Å². The minimum atomic E-state index is 0.606. The molecule has 0 amide bonds. The van der Waals surface area contributed by atoms with E-state index in [1.165, 1.54) is 20.5 Å². The van der Waals surface area contributed by atoms with Crippen molar-refractivity contribution in [3.63, 3.8) is 0 Å². The second-order valence-corrected chi connectivity index (χ2v) is 5.19. The van der Waals surface area contributed by atoms with Crippen LogP contribution in [-0.4, -0.2) is 13.2 Å². The maximum atomic E-state index is 5.79. The van der Waals surface area contributed by atoms with Gasteiger partial charge in [-0.25, -0.2) is 0 Å². The van der Waals surface area contributed by atoms with E-state index in [4.69, 9.17) is 15.2 Å². The Kier molecular flexibility index (Phi) is 2.68. The molecule has 0 saturated carbocycles. The number of thiophene rings is 1. The molecule has 0 saturated heterocycles. The highest BCUT2D eigenvalue weighted by Gasteiger charge is 2.17. The molecule has 3 nitrogen and oxygen atoms in total. The lowest BCUT2D eigenvalue weighted by molar-refractivity contribution is 0.172. The van der Waals surface area contributed by atoms with E-state index in [0.29, 0.717) is 19.8 Å². The molecule has 3 rings (SSSR count). The molecule has 1 aliphatic heterocycles. The monoisotopic (exact) mass is 249 g/mol. The minimum Gasteiger partial charge on any atom is -0.486 e. The Morgan fingerprint density at radius 1 is 1.24 bits per heavy atom. The normalized spacial score (nSPS) is 14.2. The smallest absolute Gasteiger partial charge is 0.162 e. The average Bonchev–Trinajstić information content (AvgIpc) is 2.72.